The molecule has 28 heavy (non-hydrogen) atoms. The zero-order valence-corrected chi connectivity index (χ0v) is 18.1. The molecule has 1 saturated heterocycles. The molecule has 0 radical (unpaired) electrons. The summed E-state index contributed by atoms with van der Waals surface area (Å²) in [5.74, 6) is 0.257. The predicted molar refractivity (Wildman–Crippen MR) is 116 cm³/mol. The Balaban J connectivity index is 1.93. The van der Waals surface area contributed by atoms with Crippen molar-refractivity contribution in [3.8, 4) is 5.69 Å². The predicted octanol–water partition coefficient (Wildman–Crippen LogP) is 4.31. The summed E-state index contributed by atoms with van der Waals surface area (Å²) in [7, 11) is 0. The lowest BCUT2D eigenvalue weighted by Crippen LogP contribution is -2.39. The average Bonchev–Trinajstić information content (AvgIpc) is 2.98. The molecule has 0 bridgehead atoms. The maximum absolute atomic E-state index is 12.3. The third kappa shape index (κ3) is 3.69. The van der Waals surface area contributed by atoms with Crippen molar-refractivity contribution in [3.05, 3.63) is 63.2 Å². The highest BCUT2D eigenvalue weighted by molar-refractivity contribution is 9.10. The summed E-state index contributed by atoms with van der Waals surface area (Å²) in [6, 6.07) is 13.1. The van der Waals surface area contributed by atoms with Crippen LogP contribution in [-0.4, -0.2) is 49.7 Å². The number of hydrogen-bond acceptors (Lipinski definition) is 3. The highest BCUT2D eigenvalue weighted by atomic mass is 79.9. The number of hydrogen-bond donors (Lipinski definition) is 1. The first-order valence-corrected chi connectivity index (χ1v) is 11.5. The van der Waals surface area contributed by atoms with Gasteiger partial charge in [-0.05, 0) is 40.2 Å². The molecule has 2 heterocycles. The maximum atomic E-state index is 12.3. The maximum Gasteiger partial charge on any atom is 0.353 e. The summed E-state index contributed by atoms with van der Waals surface area (Å²) in [6.07, 6.45) is 0. The van der Waals surface area contributed by atoms with E-state index in [-0.39, 0.29) is 5.69 Å². The number of aromatic nitrogens is 1. The van der Waals surface area contributed by atoms with E-state index in [2.05, 4.69) is 20.8 Å². The first-order valence-electron chi connectivity index (χ1n) is 8.84. The molecular weight excluding hydrogens is 464 g/mol. The van der Waals surface area contributed by atoms with Gasteiger partial charge in [-0.15, -0.1) is 0 Å². The Labute approximate surface area is 179 Å². The van der Waals surface area contributed by atoms with Crippen molar-refractivity contribution >= 4 is 55.6 Å². The molecular formula is C20H18BrClN2O3S. The zero-order chi connectivity index (χ0) is 19.8. The van der Waals surface area contributed by atoms with Gasteiger partial charge in [-0.1, -0.05) is 41.0 Å². The minimum atomic E-state index is -0.983. The molecule has 1 fully saturated rings. The molecule has 1 aliphatic rings. The van der Waals surface area contributed by atoms with Gasteiger partial charge in [0.25, 0.3) is 0 Å². The van der Waals surface area contributed by atoms with Gasteiger partial charge in [0.1, 0.15) is 17.2 Å². The molecule has 0 aliphatic carbocycles. The zero-order valence-electron chi connectivity index (χ0n) is 14.9. The van der Waals surface area contributed by atoms with Crippen LogP contribution in [0, 0.1) is 0 Å². The fraction of sp³-hybridized carbons (Fsp3) is 0.250. The minimum absolute atomic E-state index is 0.238. The Bertz CT molecular complexity index is 1030. The van der Waals surface area contributed by atoms with E-state index in [1.54, 1.807) is 10.6 Å². The second kappa shape index (κ2) is 8.08. The first kappa shape index (κ1) is 19.8. The van der Waals surface area contributed by atoms with Crippen molar-refractivity contribution in [2.24, 2.45) is 0 Å². The van der Waals surface area contributed by atoms with Crippen LogP contribution < -0.4 is 0 Å². The Kier molecular flexibility index (Phi) is 5.71. The summed E-state index contributed by atoms with van der Waals surface area (Å²) in [6.45, 7) is 1.88. The molecule has 0 atom stereocenters. The van der Waals surface area contributed by atoms with Crippen LogP contribution in [0.5, 0.6) is 0 Å². The molecule has 2 aromatic carbocycles. The number of carboxylic acid groups (broad SMARTS) is 1. The lowest BCUT2D eigenvalue weighted by atomic mass is 10.1. The number of carbonyl (C=O) groups is 1. The van der Waals surface area contributed by atoms with Crippen molar-refractivity contribution in [3.63, 3.8) is 0 Å². The van der Waals surface area contributed by atoms with Gasteiger partial charge in [0.2, 0.25) is 0 Å². The number of benzene rings is 2. The average molecular weight is 482 g/mol. The molecule has 0 unspecified atom stereocenters. The number of carboxylic acids is 1. The van der Waals surface area contributed by atoms with Crippen LogP contribution in [-0.2, 0) is 17.7 Å². The van der Waals surface area contributed by atoms with Gasteiger partial charge in [-0.3, -0.25) is 4.90 Å². The van der Waals surface area contributed by atoms with Crippen LogP contribution in [0.15, 0.2) is 46.9 Å². The number of rotatable bonds is 4. The first-order chi connectivity index (χ1) is 13.5. The van der Waals surface area contributed by atoms with Gasteiger partial charge in [0.15, 0.2) is 0 Å². The molecule has 1 N–H and O–H groups in total. The number of nitrogens with zero attached hydrogens (tertiary/aromatic N) is 2. The van der Waals surface area contributed by atoms with Gasteiger partial charge in [0, 0.05) is 40.7 Å². The molecule has 8 heteroatoms. The third-order valence-corrected chi connectivity index (χ3v) is 7.46. The van der Waals surface area contributed by atoms with Crippen LogP contribution in [0.2, 0.25) is 5.02 Å². The highest BCUT2D eigenvalue weighted by Gasteiger charge is 2.27. The van der Waals surface area contributed by atoms with Crippen molar-refractivity contribution in [1.29, 1.82) is 0 Å². The van der Waals surface area contributed by atoms with E-state index in [1.165, 1.54) is 0 Å². The van der Waals surface area contributed by atoms with Crippen LogP contribution in [0.1, 0.15) is 16.1 Å². The molecule has 1 aromatic heterocycles. The molecule has 4 rings (SSSR count). The number of para-hydroxylation sites is 1. The fourth-order valence-corrected chi connectivity index (χ4v) is 5.26. The third-order valence-electron chi connectivity index (χ3n) is 4.98. The van der Waals surface area contributed by atoms with E-state index in [0.29, 0.717) is 36.2 Å². The van der Waals surface area contributed by atoms with E-state index in [4.69, 9.17) is 11.6 Å². The minimum Gasteiger partial charge on any atom is -0.616 e. The summed E-state index contributed by atoms with van der Waals surface area (Å²) < 4.78 is 14.2. The van der Waals surface area contributed by atoms with Crippen molar-refractivity contribution < 1.29 is 14.5 Å². The summed E-state index contributed by atoms with van der Waals surface area (Å²) >= 11 is 9.03. The second-order valence-corrected chi connectivity index (χ2v) is 9.67. The Morgan fingerprint density at radius 3 is 2.54 bits per heavy atom. The topological polar surface area (TPSA) is 68.5 Å². The quantitative estimate of drug-likeness (QED) is 0.564. The largest absolute Gasteiger partial charge is 0.616 e. The smallest absolute Gasteiger partial charge is 0.353 e. The lowest BCUT2D eigenvalue weighted by Gasteiger charge is -2.28. The second-order valence-electron chi connectivity index (χ2n) is 6.71. The van der Waals surface area contributed by atoms with Crippen molar-refractivity contribution in [2.45, 2.75) is 6.54 Å². The molecule has 5 nitrogen and oxygen atoms in total. The van der Waals surface area contributed by atoms with Gasteiger partial charge in [0.05, 0.1) is 10.5 Å². The van der Waals surface area contributed by atoms with E-state index in [9.17, 15) is 14.5 Å². The number of halogens is 2. The van der Waals surface area contributed by atoms with E-state index in [0.717, 1.165) is 26.6 Å². The highest BCUT2D eigenvalue weighted by Crippen LogP contribution is 2.36. The van der Waals surface area contributed by atoms with Gasteiger partial charge < -0.3 is 14.2 Å². The Hall–Kier alpha value is -1.51. The van der Waals surface area contributed by atoms with E-state index in [1.807, 2.05) is 36.4 Å². The van der Waals surface area contributed by atoms with Gasteiger partial charge >= 0.3 is 5.97 Å². The van der Waals surface area contributed by atoms with Gasteiger partial charge in [-0.2, -0.15) is 0 Å². The SMILES string of the molecule is O=C(O)c1c(CN2CC[S+]([O-])CC2)c2cc(Br)c(Cl)cc2n1-c1ccccc1. The molecule has 0 spiro atoms. The molecule has 146 valence electrons. The fourth-order valence-electron chi connectivity index (χ4n) is 3.63. The Morgan fingerprint density at radius 2 is 1.89 bits per heavy atom. The van der Waals surface area contributed by atoms with E-state index >= 15 is 0 Å². The van der Waals surface area contributed by atoms with Crippen molar-refractivity contribution in [2.75, 3.05) is 24.6 Å². The molecule has 1 aliphatic heterocycles. The van der Waals surface area contributed by atoms with Crippen LogP contribution >= 0.6 is 27.5 Å². The summed E-state index contributed by atoms with van der Waals surface area (Å²) in [5, 5.41) is 11.5. The Morgan fingerprint density at radius 1 is 1.21 bits per heavy atom. The standard InChI is InChI=1S/C20H18BrClN2O3S/c21-16-10-14-15(12-23-6-8-28(27)9-7-23)19(20(25)26)24(18(14)11-17(16)22)13-4-2-1-3-5-13/h1-5,10-11H,6-9,12H2,(H,25,26). The molecule has 0 saturated carbocycles. The summed E-state index contributed by atoms with van der Waals surface area (Å²) in [5.41, 5.74) is 2.51. The van der Waals surface area contributed by atoms with E-state index < -0.39 is 17.1 Å². The number of fused-ring (bicyclic) bond motifs is 1. The molecule has 0 amide bonds. The van der Waals surface area contributed by atoms with Crippen LogP contribution in [0.3, 0.4) is 0 Å². The molecule has 3 aromatic rings. The monoisotopic (exact) mass is 480 g/mol. The van der Waals surface area contributed by atoms with Gasteiger partial charge in [-0.25, -0.2) is 4.79 Å². The number of aromatic carboxylic acids is 1. The lowest BCUT2D eigenvalue weighted by molar-refractivity contribution is 0.0686. The van der Waals surface area contributed by atoms with Crippen LogP contribution in [0.25, 0.3) is 16.6 Å². The van der Waals surface area contributed by atoms with Crippen molar-refractivity contribution in [1.82, 2.24) is 9.47 Å². The van der Waals surface area contributed by atoms with Crippen LogP contribution in [0.4, 0.5) is 0 Å². The normalized spacial score (nSPS) is 16.0. The summed E-state index contributed by atoms with van der Waals surface area (Å²) in [4.78, 5) is 14.5.